The molecule has 1 aliphatic heterocycles. The van der Waals surface area contributed by atoms with E-state index in [1.807, 2.05) is 44.2 Å². The average Bonchev–Trinajstić information content (AvgIpc) is 3.31. The van der Waals surface area contributed by atoms with Gasteiger partial charge in [-0.05, 0) is 57.0 Å². The van der Waals surface area contributed by atoms with Gasteiger partial charge in [0.1, 0.15) is 5.82 Å². The number of nitrogens with zero attached hydrogens (tertiary/aromatic N) is 4. The molecule has 0 unspecified atom stereocenters. The third-order valence-electron chi connectivity index (χ3n) is 4.96. The van der Waals surface area contributed by atoms with Gasteiger partial charge in [-0.3, -0.25) is 4.79 Å². The summed E-state index contributed by atoms with van der Waals surface area (Å²) in [6.07, 6.45) is 3.90. The van der Waals surface area contributed by atoms with E-state index in [-0.39, 0.29) is 5.91 Å². The van der Waals surface area contributed by atoms with Crippen LogP contribution in [0.4, 0.5) is 23.1 Å². The summed E-state index contributed by atoms with van der Waals surface area (Å²) < 4.78 is 5.30. The van der Waals surface area contributed by atoms with Crippen LogP contribution in [-0.2, 0) is 0 Å². The van der Waals surface area contributed by atoms with Gasteiger partial charge in [-0.25, -0.2) is 9.97 Å². The minimum absolute atomic E-state index is 0.228. The molecule has 0 bridgehead atoms. The van der Waals surface area contributed by atoms with Gasteiger partial charge >= 0.3 is 0 Å². The van der Waals surface area contributed by atoms with Gasteiger partial charge in [0, 0.05) is 48.5 Å². The number of pyridine rings is 1. The molecule has 0 aliphatic carbocycles. The maximum absolute atomic E-state index is 12.4. The van der Waals surface area contributed by atoms with Crippen molar-refractivity contribution in [2.24, 2.45) is 0 Å². The predicted octanol–water partition coefficient (Wildman–Crippen LogP) is 4.17. The second-order valence-electron chi connectivity index (χ2n) is 7.36. The highest BCUT2D eigenvalue weighted by atomic mass is 16.5. The number of hydrogen-bond acceptors (Lipinski definition) is 7. The second-order valence-corrected chi connectivity index (χ2v) is 7.36. The summed E-state index contributed by atoms with van der Waals surface area (Å²) >= 11 is 0. The van der Waals surface area contributed by atoms with E-state index in [4.69, 9.17) is 4.74 Å². The van der Waals surface area contributed by atoms with E-state index in [2.05, 4.69) is 30.5 Å². The molecule has 160 valence electrons. The quantitative estimate of drug-likeness (QED) is 0.595. The average molecular weight is 419 g/mol. The first kappa shape index (κ1) is 20.6. The van der Waals surface area contributed by atoms with Gasteiger partial charge in [0.2, 0.25) is 11.8 Å². The Labute approximate surface area is 181 Å². The number of aromatic nitrogens is 3. The van der Waals surface area contributed by atoms with Gasteiger partial charge in [-0.2, -0.15) is 4.98 Å². The first-order valence-corrected chi connectivity index (χ1v) is 10.5. The molecular weight excluding hydrogens is 392 g/mol. The largest absolute Gasteiger partial charge is 0.478 e. The van der Waals surface area contributed by atoms with Crippen LogP contribution in [0.15, 0.2) is 48.7 Å². The van der Waals surface area contributed by atoms with Crippen LogP contribution >= 0.6 is 0 Å². The fourth-order valence-corrected chi connectivity index (χ4v) is 3.43. The van der Waals surface area contributed by atoms with Crippen molar-refractivity contribution in [3.63, 3.8) is 0 Å². The van der Waals surface area contributed by atoms with Crippen LogP contribution in [0, 0.1) is 6.92 Å². The molecule has 2 aromatic heterocycles. The first-order valence-electron chi connectivity index (χ1n) is 10.5. The number of carbonyl (C=O) groups is 1. The molecule has 1 aromatic carbocycles. The molecule has 2 N–H and O–H groups in total. The zero-order valence-corrected chi connectivity index (χ0v) is 17.8. The van der Waals surface area contributed by atoms with E-state index < -0.39 is 0 Å². The molecule has 1 saturated heterocycles. The van der Waals surface area contributed by atoms with Crippen molar-refractivity contribution in [3.05, 3.63) is 59.9 Å². The van der Waals surface area contributed by atoms with Crippen LogP contribution in [0.2, 0.25) is 0 Å². The molecule has 0 spiro atoms. The van der Waals surface area contributed by atoms with Crippen LogP contribution in [0.5, 0.6) is 5.88 Å². The zero-order valence-electron chi connectivity index (χ0n) is 17.8. The molecule has 0 atom stereocenters. The Morgan fingerprint density at radius 2 is 1.81 bits per heavy atom. The van der Waals surface area contributed by atoms with Crippen LogP contribution in [-0.4, -0.2) is 40.6 Å². The molecule has 4 rings (SSSR count). The summed E-state index contributed by atoms with van der Waals surface area (Å²) in [5.74, 6) is 1.80. The number of rotatable bonds is 7. The van der Waals surface area contributed by atoms with E-state index in [0.29, 0.717) is 29.7 Å². The Balaban J connectivity index is 1.39. The van der Waals surface area contributed by atoms with Crippen molar-refractivity contribution in [2.75, 3.05) is 35.2 Å². The third-order valence-corrected chi connectivity index (χ3v) is 4.96. The molecule has 8 heteroatoms. The highest BCUT2D eigenvalue weighted by Gasteiger charge is 2.15. The summed E-state index contributed by atoms with van der Waals surface area (Å²) in [7, 11) is 0. The number of benzene rings is 1. The Morgan fingerprint density at radius 1 is 1.06 bits per heavy atom. The summed E-state index contributed by atoms with van der Waals surface area (Å²) in [6.45, 7) is 6.47. The maximum Gasteiger partial charge on any atom is 0.257 e. The van der Waals surface area contributed by atoms with Gasteiger partial charge in [-0.1, -0.05) is 0 Å². The van der Waals surface area contributed by atoms with E-state index in [1.165, 1.54) is 19.0 Å². The lowest BCUT2D eigenvalue weighted by molar-refractivity contribution is 0.102. The zero-order chi connectivity index (χ0) is 21.6. The molecule has 1 fully saturated rings. The number of carbonyl (C=O) groups excluding carboxylic acids is 1. The number of ether oxygens (including phenoxy) is 1. The van der Waals surface area contributed by atoms with Crippen molar-refractivity contribution in [3.8, 4) is 5.88 Å². The highest BCUT2D eigenvalue weighted by Crippen LogP contribution is 2.22. The van der Waals surface area contributed by atoms with Gasteiger partial charge in [0.05, 0.1) is 12.2 Å². The van der Waals surface area contributed by atoms with Crippen molar-refractivity contribution in [1.82, 2.24) is 15.0 Å². The van der Waals surface area contributed by atoms with E-state index in [9.17, 15) is 4.79 Å². The van der Waals surface area contributed by atoms with E-state index in [1.54, 1.807) is 12.1 Å². The molecule has 3 heterocycles. The minimum Gasteiger partial charge on any atom is -0.478 e. The topological polar surface area (TPSA) is 92.3 Å². The Bertz CT molecular complexity index is 1030. The molecular formula is C23H26N6O2. The van der Waals surface area contributed by atoms with Gasteiger partial charge < -0.3 is 20.3 Å². The molecule has 1 aliphatic rings. The highest BCUT2D eigenvalue weighted by molar-refractivity contribution is 6.04. The lowest BCUT2D eigenvalue weighted by Crippen LogP contribution is -2.19. The maximum atomic E-state index is 12.4. The lowest BCUT2D eigenvalue weighted by Gasteiger charge is -2.17. The van der Waals surface area contributed by atoms with Crippen LogP contribution in [0.25, 0.3) is 0 Å². The summed E-state index contributed by atoms with van der Waals surface area (Å²) in [5.41, 5.74) is 2.92. The van der Waals surface area contributed by atoms with Crippen LogP contribution in [0.1, 0.15) is 35.8 Å². The second kappa shape index (κ2) is 9.42. The van der Waals surface area contributed by atoms with Crippen molar-refractivity contribution in [1.29, 1.82) is 0 Å². The first-order chi connectivity index (χ1) is 15.1. The summed E-state index contributed by atoms with van der Waals surface area (Å²) in [4.78, 5) is 28.0. The number of anilines is 4. The van der Waals surface area contributed by atoms with Crippen LogP contribution in [0.3, 0.4) is 0 Å². The molecule has 0 radical (unpaired) electrons. The van der Waals surface area contributed by atoms with Crippen LogP contribution < -0.4 is 20.3 Å². The predicted molar refractivity (Wildman–Crippen MR) is 121 cm³/mol. The number of nitrogens with one attached hydrogen (secondary N) is 2. The molecule has 31 heavy (non-hydrogen) atoms. The van der Waals surface area contributed by atoms with Gasteiger partial charge in [-0.15, -0.1) is 0 Å². The Hall–Kier alpha value is -3.68. The smallest absolute Gasteiger partial charge is 0.257 e. The summed E-state index contributed by atoms with van der Waals surface area (Å²) in [6, 6.07) is 12.8. The fraction of sp³-hybridized carbons (Fsp3) is 0.304. The van der Waals surface area contributed by atoms with Gasteiger partial charge in [0.25, 0.3) is 5.91 Å². The summed E-state index contributed by atoms with van der Waals surface area (Å²) in [5, 5.41) is 6.12. The number of amides is 1. The minimum atomic E-state index is -0.228. The van der Waals surface area contributed by atoms with E-state index >= 15 is 0 Å². The Morgan fingerprint density at radius 3 is 2.48 bits per heavy atom. The van der Waals surface area contributed by atoms with Crippen molar-refractivity contribution in [2.45, 2.75) is 26.7 Å². The molecule has 8 nitrogen and oxygen atoms in total. The molecule has 0 saturated carbocycles. The van der Waals surface area contributed by atoms with Crippen molar-refractivity contribution < 1.29 is 9.53 Å². The van der Waals surface area contributed by atoms with Crippen molar-refractivity contribution >= 4 is 29.0 Å². The number of hydrogen-bond donors (Lipinski definition) is 2. The standard InChI is InChI=1S/C23H26N6O2/c1-3-31-21-11-6-17(15-24-21)22(30)26-18-7-9-19(10-8-18)27-23-25-16(2)14-20(28-23)29-12-4-5-13-29/h6-11,14-15H,3-5,12-13H2,1-2H3,(H,26,30)(H,25,27,28). The number of aryl methyl sites for hydroxylation is 1. The normalized spacial score (nSPS) is 13.2. The monoisotopic (exact) mass is 418 g/mol. The molecule has 3 aromatic rings. The molecule has 1 amide bonds. The lowest BCUT2D eigenvalue weighted by atomic mass is 10.2. The Kier molecular flexibility index (Phi) is 6.26. The fourth-order valence-electron chi connectivity index (χ4n) is 3.43. The van der Waals surface area contributed by atoms with E-state index in [0.717, 1.165) is 30.3 Å². The van der Waals surface area contributed by atoms with Gasteiger partial charge in [0.15, 0.2) is 0 Å². The SMILES string of the molecule is CCOc1ccc(C(=O)Nc2ccc(Nc3nc(C)cc(N4CCCC4)n3)cc2)cn1. The third kappa shape index (κ3) is 5.28.